The van der Waals surface area contributed by atoms with Crippen molar-refractivity contribution < 1.29 is 23.0 Å². The van der Waals surface area contributed by atoms with Gasteiger partial charge in [-0.25, -0.2) is 18.7 Å². The molecule has 1 aliphatic carbocycles. The molecule has 1 N–H and O–H groups in total. The van der Waals surface area contributed by atoms with E-state index in [2.05, 4.69) is 15.3 Å². The maximum absolute atomic E-state index is 15.1. The monoisotopic (exact) mass is 536 g/mol. The van der Waals surface area contributed by atoms with Crippen LogP contribution in [0.15, 0.2) is 67.0 Å². The fourth-order valence-corrected chi connectivity index (χ4v) is 4.63. The summed E-state index contributed by atoms with van der Waals surface area (Å²) in [5, 5.41) is 2.83. The Morgan fingerprint density at radius 2 is 1.85 bits per heavy atom. The predicted molar refractivity (Wildman–Crippen MR) is 144 cm³/mol. The lowest BCUT2D eigenvalue weighted by Crippen LogP contribution is -2.58. The molecule has 0 bridgehead atoms. The molecule has 1 saturated carbocycles. The summed E-state index contributed by atoms with van der Waals surface area (Å²) in [6, 6.07) is 16.4. The summed E-state index contributed by atoms with van der Waals surface area (Å²) >= 11 is 0. The summed E-state index contributed by atoms with van der Waals surface area (Å²) in [7, 11) is 0. The number of benzene rings is 1. The van der Waals surface area contributed by atoms with Gasteiger partial charge in [0, 0.05) is 31.8 Å². The average molecular weight is 537 g/mol. The van der Waals surface area contributed by atoms with Crippen molar-refractivity contribution in [1.82, 2.24) is 14.9 Å². The second-order valence-electron chi connectivity index (χ2n) is 10.9. The number of likely N-dealkylation sites (tertiary alicyclic amines) is 1. The molecule has 1 amide bonds. The lowest BCUT2D eigenvalue weighted by Gasteiger charge is -2.45. The van der Waals surface area contributed by atoms with Crippen LogP contribution >= 0.6 is 0 Å². The van der Waals surface area contributed by atoms with Crippen LogP contribution in [0.4, 0.5) is 14.6 Å². The third-order valence-corrected chi connectivity index (χ3v) is 7.53. The number of carbonyl (C=O) groups excluding carboxylic acids is 1. The molecular formula is C30H34F2N4O3. The predicted octanol–water partition coefficient (Wildman–Crippen LogP) is 5.69. The highest BCUT2D eigenvalue weighted by Crippen LogP contribution is 2.42. The van der Waals surface area contributed by atoms with E-state index in [0.29, 0.717) is 42.1 Å². The molecule has 0 radical (unpaired) electrons. The number of hydrogen-bond donors (Lipinski definition) is 1. The van der Waals surface area contributed by atoms with Crippen molar-refractivity contribution in [3.05, 3.63) is 78.1 Å². The molecule has 1 atom stereocenters. The van der Waals surface area contributed by atoms with Gasteiger partial charge in [0.25, 0.3) is 5.92 Å². The minimum absolute atomic E-state index is 0.0146. The first-order valence-corrected chi connectivity index (χ1v) is 13.4. The van der Waals surface area contributed by atoms with Crippen LogP contribution in [0, 0.1) is 5.92 Å². The normalized spacial score (nSPS) is 19.3. The Hall–Kier alpha value is -3.59. The van der Waals surface area contributed by atoms with Gasteiger partial charge in [-0.2, -0.15) is 0 Å². The van der Waals surface area contributed by atoms with Gasteiger partial charge in [-0.15, -0.1) is 0 Å². The standard InChI is InChI=1S/C30H34F2N4O3/c1-29(2,28(37)35-26-12-11-24(17-33-26)38-19-22-8-9-22)36-15-14-30(31,32)25(18-36)23-10-13-27(34-16-23)39-20-21-6-4-3-5-7-21/h3-7,10-13,16-17,22,25H,8-9,14-15,18-20H2,1-2H3,(H,33,35,37). The highest BCUT2D eigenvalue weighted by Gasteiger charge is 2.49. The van der Waals surface area contributed by atoms with Gasteiger partial charge in [-0.3, -0.25) is 9.69 Å². The van der Waals surface area contributed by atoms with Crippen LogP contribution in [-0.2, 0) is 11.4 Å². The molecule has 5 rings (SSSR count). The summed E-state index contributed by atoms with van der Waals surface area (Å²) in [6.07, 6.45) is 5.08. The number of piperidine rings is 1. The van der Waals surface area contributed by atoms with Crippen molar-refractivity contribution in [3.8, 4) is 11.6 Å². The Labute approximate surface area is 227 Å². The first kappa shape index (κ1) is 27.0. The number of nitrogens with zero attached hydrogens (tertiary/aromatic N) is 3. The van der Waals surface area contributed by atoms with Crippen molar-refractivity contribution >= 4 is 11.7 Å². The lowest BCUT2D eigenvalue weighted by atomic mass is 9.85. The number of alkyl halides is 2. The fraction of sp³-hybridized carbons (Fsp3) is 0.433. The van der Waals surface area contributed by atoms with E-state index in [4.69, 9.17) is 9.47 Å². The Bertz CT molecular complexity index is 1250. The van der Waals surface area contributed by atoms with Gasteiger partial charge >= 0.3 is 0 Å². The van der Waals surface area contributed by atoms with Crippen molar-refractivity contribution in [2.75, 3.05) is 25.0 Å². The largest absolute Gasteiger partial charge is 0.492 e. The number of pyridine rings is 2. The van der Waals surface area contributed by atoms with Gasteiger partial charge in [0.05, 0.1) is 24.3 Å². The lowest BCUT2D eigenvalue weighted by molar-refractivity contribution is -0.134. The molecule has 1 unspecified atom stereocenters. The number of anilines is 1. The molecule has 1 aromatic carbocycles. The van der Waals surface area contributed by atoms with E-state index in [1.165, 1.54) is 19.0 Å². The van der Waals surface area contributed by atoms with E-state index in [1.807, 2.05) is 30.3 Å². The zero-order chi connectivity index (χ0) is 27.5. The summed E-state index contributed by atoms with van der Waals surface area (Å²) in [5.74, 6) is -2.29. The third-order valence-electron chi connectivity index (χ3n) is 7.53. The van der Waals surface area contributed by atoms with Crippen LogP contribution in [0.5, 0.6) is 11.6 Å². The Morgan fingerprint density at radius 1 is 1.05 bits per heavy atom. The topological polar surface area (TPSA) is 76.6 Å². The zero-order valence-corrected chi connectivity index (χ0v) is 22.3. The molecule has 2 aliphatic rings. The van der Waals surface area contributed by atoms with Crippen LogP contribution in [-0.4, -0.2) is 51.9 Å². The van der Waals surface area contributed by atoms with Gasteiger partial charge in [0.1, 0.15) is 18.2 Å². The van der Waals surface area contributed by atoms with Gasteiger partial charge in [0.15, 0.2) is 0 Å². The molecule has 3 aromatic rings. The summed E-state index contributed by atoms with van der Waals surface area (Å²) in [6.45, 7) is 4.62. The van der Waals surface area contributed by atoms with E-state index in [0.717, 1.165) is 5.56 Å². The van der Waals surface area contributed by atoms with Crippen LogP contribution in [0.2, 0.25) is 0 Å². The van der Waals surface area contributed by atoms with E-state index in [1.54, 1.807) is 49.2 Å². The Kier molecular flexibility index (Phi) is 7.79. The fourth-order valence-electron chi connectivity index (χ4n) is 4.63. The molecule has 1 saturated heterocycles. The number of hydrogen-bond acceptors (Lipinski definition) is 6. The van der Waals surface area contributed by atoms with Crippen LogP contribution in [0.3, 0.4) is 0 Å². The number of rotatable bonds is 10. The molecule has 2 aromatic heterocycles. The highest BCUT2D eigenvalue weighted by atomic mass is 19.3. The first-order valence-electron chi connectivity index (χ1n) is 13.4. The Balaban J connectivity index is 1.21. The summed E-state index contributed by atoms with van der Waals surface area (Å²) in [5.41, 5.74) is 0.367. The minimum atomic E-state index is -2.92. The highest BCUT2D eigenvalue weighted by molar-refractivity contribution is 5.96. The van der Waals surface area contributed by atoms with E-state index in [9.17, 15) is 4.79 Å². The number of carbonyl (C=O) groups is 1. The molecular weight excluding hydrogens is 502 g/mol. The Morgan fingerprint density at radius 3 is 2.51 bits per heavy atom. The van der Waals surface area contributed by atoms with Gasteiger partial charge < -0.3 is 14.8 Å². The average Bonchev–Trinajstić information content (AvgIpc) is 3.77. The van der Waals surface area contributed by atoms with E-state index >= 15 is 8.78 Å². The maximum atomic E-state index is 15.1. The van der Waals surface area contributed by atoms with Crippen molar-refractivity contribution in [1.29, 1.82) is 0 Å². The smallest absolute Gasteiger partial charge is 0.257 e. The molecule has 9 heteroatoms. The molecule has 3 heterocycles. The van der Waals surface area contributed by atoms with Crippen molar-refractivity contribution in [2.45, 2.75) is 57.1 Å². The maximum Gasteiger partial charge on any atom is 0.257 e. The number of nitrogens with one attached hydrogen (secondary N) is 1. The number of halogens is 2. The van der Waals surface area contributed by atoms with E-state index in [-0.39, 0.29) is 25.4 Å². The van der Waals surface area contributed by atoms with Crippen molar-refractivity contribution in [2.24, 2.45) is 5.92 Å². The molecule has 39 heavy (non-hydrogen) atoms. The van der Waals surface area contributed by atoms with Gasteiger partial charge in [0.2, 0.25) is 11.8 Å². The number of amides is 1. The second-order valence-corrected chi connectivity index (χ2v) is 10.9. The molecule has 206 valence electrons. The zero-order valence-electron chi connectivity index (χ0n) is 22.3. The van der Waals surface area contributed by atoms with E-state index < -0.39 is 17.4 Å². The number of aromatic nitrogens is 2. The minimum Gasteiger partial charge on any atom is -0.492 e. The molecule has 0 spiro atoms. The number of ether oxygens (including phenoxy) is 2. The molecule has 7 nitrogen and oxygen atoms in total. The quantitative estimate of drug-likeness (QED) is 0.359. The van der Waals surface area contributed by atoms with Crippen LogP contribution in [0.25, 0.3) is 0 Å². The van der Waals surface area contributed by atoms with Crippen LogP contribution in [0.1, 0.15) is 50.2 Å². The van der Waals surface area contributed by atoms with Crippen LogP contribution < -0.4 is 14.8 Å². The van der Waals surface area contributed by atoms with Gasteiger partial charge in [-0.05, 0) is 55.9 Å². The second kappa shape index (κ2) is 11.3. The van der Waals surface area contributed by atoms with Crippen molar-refractivity contribution in [3.63, 3.8) is 0 Å². The summed E-state index contributed by atoms with van der Waals surface area (Å²) < 4.78 is 41.6. The molecule has 1 aliphatic heterocycles. The third kappa shape index (κ3) is 6.71. The molecule has 2 fully saturated rings. The SMILES string of the molecule is CC(C)(C(=O)Nc1ccc(OCC2CC2)cn1)N1CCC(F)(F)C(c2ccc(OCc3ccccc3)nc2)C1. The summed E-state index contributed by atoms with van der Waals surface area (Å²) in [4.78, 5) is 23.6. The van der Waals surface area contributed by atoms with Gasteiger partial charge in [-0.1, -0.05) is 36.4 Å². The first-order chi connectivity index (χ1) is 18.7.